The Morgan fingerprint density at radius 2 is 1.93 bits per heavy atom. The van der Waals surface area contributed by atoms with Gasteiger partial charge < -0.3 is 4.98 Å². The van der Waals surface area contributed by atoms with Gasteiger partial charge in [-0.05, 0) is 17.2 Å². The van der Waals surface area contributed by atoms with Crippen LogP contribution in [0.25, 0.3) is 11.1 Å². The van der Waals surface area contributed by atoms with Gasteiger partial charge in [0.2, 0.25) is 0 Å². The van der Waals surface area contributed by atoms with E-state index in [1.54, 1.807) is 6.20 Å². The average molecular weight is 220 g/mol. The van der Waals surface area contributed by atoms with Crippen molar-refractivity contribution < 1.29 is 0 Å². The van der Waals surface area contributed by atoms with Crippen molar-refractivity contribution in [3.8, 4) is 11.1 Å². The maximum atomic E-state index is 11.6. The van der Waals surface area contributed by atoms with Gasteiger partial charge in [0.15, 0.2) is 0 Å². The minimum absolute atomic E-state index is 0.0879. The van der Waals surface area contributed by atoms with E-state index >= 15 is 0 Å². The maximum absolute atomic E-state index is 11.6. The van der Waals surface area contributed by atoms with Gasteiger partial charge in [0.05, 0.1) is 0 Å². The van der Waals surface area contributed by atoms with Crippen molar-refractivity contribution in [3.05, 3.63) is 58.5 Å². The molecule has 0 atom stereocenters. The Balaban J connectivity index is 2.57. The number of hydrogen-bond acceptors (Lipinski definition) is 1. The molecular weight excluding hydrogens is 210 g/mol. The molecule has 2 rings (SSSR count). The van der Waals surface area contributed by atoms with Crippen molar-refractivity contribution in [3.63, 3.8) is 0 Å². The number of halogens is 1. The lowest BCUT2D eigenvalue weighted by atomic mass is 10.1. The van der Waals surface area contributed by atoms with Crippen molar-refractivity contribution in [2.24, 2.45) is 0 Å². The van der Waals surface area contributed by atoms with E-state index in [2.05, 4.69) is 4.98 Å². The first-order chi connectivity index (χ1) is 7.31. The van der Waals surface area contributed by atoms with Gasteiger partial charge in [0.25, 0.3) is 5.56 Å². The molecule has 76 valence electrons. The normalized spacial score (nSPS) is 10.2. The SMILES string of the molecule is O=c1[nH]cc(CCl)cc1-c1ccccc1. The van der Waals surface area contributed by atoms with E-state index in [1.807, 2.05) is 36.4 Å². The van der Waals surface area contributed by atoms with Crippen LogP contribution >= 0.6 is 11.6 Å². The fourth-order valence-electron chi connectivity index (χ4n) is 1.44. The molecule has 0 saturated carbocycles. The number of alkyl halides is 1. The van der Waals surface area contributed by atoms with Gasteiger partial charge in [-0.2, -0.15) is 0 Å². The predicted octanol–water partition coefficient (Wildman–Crippen LogP) is 2.78. The van der Waals surface area contributed by atoms with Crippen LogP contribution in [0.2, 0.25) is 0 Å². The number of hydrogen-bond donors (Lipinski definition) is 1. The van der Waals surface area contributed by atoms with E-state index in [9.17, 15) is 4.79 Å². The highest BCUT2D eigenvalue weighted by Crippen LogP contribution is 2.15. The Hall–Kier alpha value is -1.54. The number of aromatic nitrogens is 1. The Labute approximate surface area is 92.5 Å². The Morgan fingerprint density at radius 1 is 1.20 bits per heavy atom. The van der Waals surface area contributed by atoms with Crippen molar-refractivity contribution in [2.45, 2.75) is 5.88 Å². The summed E-state index contributed by atoms with van der Waals surface area (Å²) in [6, 6.07) is 11.4. The molecule has 0 unspecified atom stereocenters. The molecule has 0 amide bonds. The molecule has 1 N–H and O–H groups in total. The summed E-state index contributed by atoms with van der Waals surface area (Å²) in [7, 11) is 0. The highest BCUT2D eigenvalue weighted by Gasteiger charge is 2.03. The number of pyridine rings is 1. The summed E-state index contributed by atoms with van der Waals surface area (Å²) in [6.45, 7) is 0. The molecular formula is C12H10ClNO. The van der Waals surface area contributed by atoms with Crippen molar-refractivity contribution in [2.75, 3.05) is 0 Å². The van der Waals surface area contributed by atoms with Crippen LogP contribution in [0, 0.1) is 0 Å². The molecule has 1 aromatic heterocycles. The first-order valence-corrected chi connectivity index (χ1v) is 5.17. The predicted molar refractivity (Wildman–Crippen MR) is 62.1 cm³/mol. The zero-order valence-electron chi connectivity index (χ0n) is 8.03. The molecule has 0 aliphatic carbocycles. The summed E-state index contributed by atoms with van der Waals surface area (Å²) >= 11 is 5.72. The standard InChI is InChI=1S/C12H10ClNO/c13-7-9-6-11(12(15)14-8-9)10-4-2-1-3-5-10/h1-6,8H,7H2,(H,14,15). The zero-order valence-corrected chi connectivity index (χ0v) is 8.79. The summed E-state index contributed by atoms with van der Waals surface area (Å²) in [5, 5.41) is 0. The van der Waals surface area contributed by atoms with Gasteiger partial charge in [-0.25, -0.2) is 0 Å². The topological polar surface area (TPSA) is 32.9 Å². The van der Waals surface area contributed by atoms with Gasteiger partial charge in [-0.15, -0.1) is 11.6 Å². The van der Waals surface area contributed by atoms with Gasteiger partial charge in [0, 0.05) is 17.6 Å². The Bertz CT molecular complexity index is 505. The second-order valence-electron chi connectivity index (χ2n) is 3.25. The van der Waals surface area contributed by atoms with E-state index in [0.717, 1.165) is 11.1 Å². The lowest BCUT2D eigenvalue weighted by Gasteiger charge is -2.01. The second-order valence-corrected chi connectivity index (χ2v) is 3.52. The van der Waals surface area contributed by atoms with Crippen LogP contribution in [0.3, 0.4) is 0 Å². The lowest BCUT2D eigenvalue weighted by molar-refractivity contribution is 1.19. The average Bonchev–Trinajstić information content (AvgIpc) is 2.31. The third kappa shape index (κ3) is 2.10. The summed E-state index contributed by atoms with van der Waals surface area (Å²) < 4.78 is 0. The summed E-state index contributed by atoms with van der Waals surface area (Å²) in [5.74, 6) is 0.399. The highest BCUT2D eigenvalue weighted by atomic mass is 35.5. The van der Waals surface area contributed by atoms with Crippen molar-refractivity contribution >= 4 is 11.6 Å². The van der Waals surface area contributed by atoms with Gasteiger partial charge in [-0.1, -0.05) is 30.3 Å². The monoisotopic (exact) mass is 219 g/mol. The summed E-state index contributed by atoms with van der Waals surface area (Å²) in [5.41, 5.74) is 2.39. The van der Waals surface area contributed by atoms with Gasteiger partial charge in [0.1, 0.15) is 0 Å². The van der Waals surface area contributed by atoms with Crippen LogP contribution in [0.1, 0.15) is 5.56 Å². The molecule has 1 heterocycles. The van der Waals surface area contributed by atoms with Crippen LogP contribution in [-0.4, -0.2) is 4.98 Å². The highest BCUT2D eigenvalue weighted by molar-refractivity contribution is 6.17. The number of nitrogens with one attached hydrogen (secondary N) is 1. The maximum Gasteiger partial charge on any atom is 0.255 e. The molecule has 0 spiro atoms. The van der Waals surface area contributed by atoms with Crippen LogP contribution in [0.15, 0.2) is 47.4 Å². The fourth-order valence-corrected chi connectivity index (χ4v) is 1.59. The quantitative estimate of drug-likeness (QED) is 0.775. The molecule has 15 heavy (non-hydrogen) atoms. The molecule has 1 aromatic carbocycles. The van der Waals surface area contributed by atoms with Crippen molar-refractivity contribution in [1.82, 2.24) is 4.98 Å². The van der Waals surface area contributed by atoms with E-state index in [4.69, 9.17) is 11.6 Å². The molecule has 3 heteroatoms. The van der Waals surface area contributed by atoms with Crippen LogP contribution < -0.4 is 5.56 Å². The van der Waals surface area contributed by atoms with E-state index < -0.39 is 0 Å². The number of aromatic amines is 1. The zero-order chi connectivity index (χ0) is 10.7. The molecule has 0 radical (unpaired) electrons. The first-order valence-electron chi connectivity index (χ1n) is 4.64. The molecule has 2 aromatic rings. The first kappa shape index (κ1) is 9.99. The van der Waals surface area contributed by atoms with Gasteiger partial charge in [-0.3, -0.25) is 4.79 Å². The third-order valence-corrected chi connectivity index (χ3v) is 2.51. The fraction of sp³-hybridized carbons (Fsp3) is 0.0833. The molecule has 0 aliphatic heterocycles. The number of H-pyrrole nitrogens is 1. The van der Waals surface area contributed by atoms with Crippen LogP contribution in [-0.2, 0) is 5.88 Å². The molecule has 0 saturated heterocycles. The summed E-state index contributed by atoms with van der Waals surface area (Å²) in [6.07, 6.45) is 1.64. The van der Waals surface area contributed by atoms with Crippen LogP contribution in [0.5, 0.6) is 0 Å². The minimum atomic E-state index is -0.0879. The Kier molecular flexibility index (Phi) is 2.88. The van der Waals surface area contributed by atoms with E-state index in [0.29, 0.717) is 11.4 Å². The third-order valence-electron chi connectivity index (χ3n) is 2.20. The summed E-state index contributed by atoms with van der Waals surface area (Å²) in [4.78, 5) is 14.3. The van der Waals surface area contributed by atoms with Crippen LogP contribution in [0.4, 0.5) is 0 Å². The smallest absolute Gasteiger partial charge is 0.255 e. The second kappa shape index (κ2) is 4.32. The molecule has 0 bridgehead atoms. The van der Waals surface area contributed by atoms with E-state index in [1.165, 1.54) is 0 Å². The van der Waals surface area contributed by atoms with Crippen molar-refractivity contribution in [1.29, 1.82) is 0 Å². The molecule has 2 nitrogen and oxygen atoms in total. The Morgan fingerprint density at radius 3 is 2.60 bits per heavy atom. The molecule has 0 aliphatic rings. The number of rotatable bonds is 2. The van der Waals surface area contributed by atoms with Gasteiger partial charge >= 0.3 is 0 Å². The molecule has 0 fully saturated rings. The number of benzene rings is 1. The lowest BCUT2D eigenvalue weighted by Crippen LogP contribution is -2.08. The van der Waals surface area contributed by atoms with E-state index in [-0.39, 0.29) is 5.56 Å². The largest absolute Gasteiger partial charge is 0.328 e. The minimum Gasteiger partial charge on any atom is -0.328 e.